The lowest BCUT2D eigenvalue weighted by Crippen LogP contribution is -2.48. The maximum absolute atomic E-state index is 12.0. The fourth-order valence-corrected chi connectivity index (χ4v) is 2.90. The van der Waals surface area contributed by atoms with Crippen molar-refractivity contribution in [2.75, 3.05) is 0 Å². The molecular weight excluding hydrogens is 240 g/mol. The lowest BCUT2D eigenvalue weighted by molar-refractivity contribution is -0.129. The predicted octanol–water partition coefficient (Wildman–Crippen LogP) is 1.84. The Kier molecular flexibility index (Phi) is 4.48. The summed E-state index contributed by atoms with van der Waals surface area (Å²) < 4.78 is 0. The molecule has 0 aromatic carbocycles. The van der Waals surface area contributed by atoms with E-state index in [4.69, 9.17) is 0 Å². The van der Waals surface area contributed by atoms with E-state index in [0.717, 1.165) is 32.1 Å². The van der Waals surface area contributed by atoms with Crippen molar-refractivity contribution >= 4 is 11.8 Å². The van der Waals surface area contributed by atoms with Crippen molar-refractivity contribution in [2.45, 2.75) is 65.0 Å². The maximum Gasteiger partial charge on any atom is 0.223 e. The average molecular weight is 266 g/mol. The Morgan fingerprint density at radius 2 is 1.95 bits per heavy atom. The number of carbonyl (C=O) groups is 2. The number of amides is 2. The van der Waals surface area contributed by atoms with Gasteiger partial charge in [-0.05, 0) is 44.9 Å². The molecule has 0 bridgehead atoms. The molecule has 1 aliphatic carbocycles. The molecule has 2 N–H and O–H groups in total. The second-order valence-corrected chi connectivity index (χ2v) is 6.55. The van der Waals surface area contributed by atoms with E-state index >= 15 is 0 Å². The number of piperidine rings is 1. The van der Waals surface area contributed by atoms with E-state index < -0.39 is 0 Å². The van der Waals surface area contributed by atoms with Crippen molar-refractivity contribution < 1.29 is 9.59 Å². The molecule has 0 radical (unpaired) electrons. The van der Waals surface area contributed by atoms with Crippen LogP contribution in [0.25, 0.3) is 0 Å². The molecule has 4 nitrogen and oxygen atoms in total. The third kappa shape index (κ3) is 3.95. The van der Waals surface area contributed by atoms with Crippen LogP contribution in [0.15, 0.2) is 0 Å². The summed E-state index contributed by atoms with van der Waals surface area (Å²) in [5.41, 5.74) is 0. The van der Waals surface area contributed by atoms with Crippen LogP contribution in [0.1, 0.15) is 52.9 Å². The molecule has 2 rings (SSSR count). The van der Waals surface area contributed by atoms with Crippen molar-refractivity contribution in [1.82, 2.24) is 10.6 Å². The van der Waals surface area contributed by atoms with E-state index in [1.807, 2.05) is 6.92 Å². The molecule has 4 heteroatoms. The molecule has 19 heavy (non-hydrogen) atoms. The first kappa shape index (κ1) is 14.4. The topological polar surface area (TPSA) is 58.2 Å². The van der Waals surface area contributed by atoms with Gasteiger partial charge in [0.15, 0.2) is 0 Å². The van der Waals surface area contributed by atoms with Crippen molar-refractivity contribution in [2.24, 2.45) is 17.8 Å². The van der Waals surface area contributed by atoms with Crippen LogP contribution in [0.2, 0.25) is 0 Å². The molecule has 0 aromatic rings. The van der Waals surface area contributed by atoms with Gasteiger partial charge in [0.1, 0.15) is 0 Å². The quantitative estimate of drug-likeness (QED) is 0.797. The molecule has 2 amide bonds. The molecule has 1 saturated heterocycles. The van der Waals surface area contributed by atoms with Gasteiger partial charge in [-0.15, -0.1) is 0 Å². The SMILES string of the molecule is CC(CC1CCC(C(C)C)C(=O)N1)NC(=O)C1CC1. The highest BCUT2D eigenvalue weighted by molar-refractivity contribution is 5.81. The summed E-state index contributed by atoms with van der Waals surface area (Å²) in [5, 5.41) is 6.15. The Hall–Kier alpha value is -1.06. The molecular formula is C15H26N2O2. The zero-order chi connectivity index (χ0) is 14.0. The predicted molar refractivity (Wildman–Crippen MR) is 74.4 cm³/mol. The van der Waals surface area contributed by atoms with Gasteiger partial charge in [-0.3, -0.25) is 9.59 Å². The molecule has 1 saturated carbocycles. The first-order valence-corrected chi connectivity index (χ1v) is 7.58. The van der Waals surface area contributed by atoms with Crippen molar-refractivity contribution in [1.29, 1.82) is 0 Å². The van der Waals surface area contributed by atoms with Gasteiger partial charge >= 0.3 is 0 Å². The van der Waals surface area contributed by atoms with E-state index in [0.29, 0.717) is 5.92 Å². The Morgan fingerprint density at radius 1 is 1.26 bits per heavy atom. The Labute approximate surface area is 115 Å². The largest absolute Gasteiger partial charge is 0.353 e. The lowest BCUT2D eigenvalue weighted by Gasteiger charge is -2.32. The number of hydrogen-bond donors (Lipinski definition) is 2. The Balaban J connectivity index is 1.74. The van der Waals surface area contributed by atoms with Crippen LogP contribution in [0.5, 0.6) is 0 Å². The van der Waals surface area contributed by atoms with Crippen LogP contribution < -0.4 is 10.6 Å². The highest BCUT2D eigenvalue weighted by Crippen LogP contribution is 2.29. The Morgan fingerprint density at radius 3 is 2.47 bits per heavy atom. The smallest absolute Gasteiger partial charge is 0.223 e. The zero-order valence-electron chi connectivity index (χ0n) is 12.2. The van der Waals surface area contributed by atoms with Crippen LogP contribution in [-0.2, 0) is 9.59 Å². The molecule has 0 spiro atoms. The van der Waals surface area contributed by atoms with E-state index in [1.54, 1.807) is 0 Å². The highest BCUT2D eigenvalue weighted by atomic mass is 16.2. The minimum absolute atomic E-state index is 0.147. The molecule has 1 heterocycles. The number of carbonyl (C=O) groups excluding carboxylic acids is 2. The van der Waals surface area contributed by atoms with Gasteiger partial charge in [0.25, 0.3) is 0 Å². The molecule has 108 valence electrons. The van der Waals surface area contributed by atoms with E-state index in [2.05, 4.69) is 24.5 Å². The van der Waals surface area contributed by atoms with Crippen LogP contribution in [0.4, 0.5) is 0 Å². The summed E-state index contributed by atoms with van der Waals surface area (Å²) in [6.07, 6.45) is 4.91. The van der Waals surface area contributed by atoms with E-state index in [-0.39, 0.29) is 35.7 Å². The van der Waals surface area contributed by atoms with E-state index in [1.165, 1.54) is 0 Å². The van der Waals surface area contributed by atoms with Crippen LogP contribution in [0.3, 0.4) is 0 Å². The summed E-state index contributed by atoms with van der Waals surface area (Å²) in [5.74, 6) is 1.20. The third-order valence-corrected chi connectivity index (χ3v) is 4.29. The second kappa shape index (κ2) is 5.93. The van der Waals surface area contributed by atoms with Gasteiger partial charge < -0.3 is 10.6 Å². The summed E-state index contributed by atoms with van der Waals surface area (Å²) in [7, 11) is 0. The van der Waals surface area contributed by atoms with Gasteiger partial charge in [0, 0.05) is 23.9 Å². The zero-order valence-corrected chi connectivity index (χ0v) is 12.2. The van der Waals surface area contributed by atoms with Gasteiger partial charge in [0.2, 0.25) is 11.8 Å². The van der Waals surface area contributed by atoms with Crippen molar-refractivity contribution in [3.63, 3.8) is 0 Å². The number of nitrogens with one attached hydrogen (secondary N) is 2. The average Bonchev–Trinajstić information content (AvgIpc) is 3.11. The van der Waals surface area contributed by atoms with Gasteiger partial charge in [-0.2, -0.15) is 0 Å². The summed E-state index contributed by atoms with van der Waals surface area (Å²) in [6, 6.07) is 0.367. The molecule has 0 aromatic heterocycles. The number of rotatable bonds is 5. The minimum atomic E-state index is 0.147. The molecule has 1 aliphatic heterocycles. The molecule has 2 aliphatic rings. The highest BCUT2D eigenvalue weighted by Gasteiger charge is 2.33. The fraction of sp³-hybridized carbons (Fsp3) is 0.867. The summed E-state index contributed by atoms with van der Waals surface area (Å²) >= 11 is 0. The standard InChI is InChI=1S/C15H26N2O2/c1-9(2)13-7-6-12(17-15(13)19)8-10(3)16-14(18)11-4-5-11/h9-13H,4-8H2,1-3H3,(H,16,18)(H,17,19). The second-order valence-electron chi connectivity index (χ2n) is 6.55. The molecule has 2 fully saturated rings. The van der Waals surface area contributed by atoms with Crippen LogP contribution in [0, 0.1) is 17.8 Å². The molecule has 3 atom stereocenters. The first-order chi connectivity index (χ1) is 8.97. The minimum Gasteiger partial charge on any atom is -0.353 e. The van der Waals surface area contributed by atoms with Crippen LogP contribution >= 0.6 is 0 Å². The fourth-order valence-electron chi connectivity index (χ4n) is 2.90. The first-order valence-electron chi connectivity index (χ1n) is 7.58. The van der Waals surface area contributed by atoms with Gasteiger partial charge in [0.05, 0.1) is 0 Å². The maximum atomic E-state index is 12.0. The van der Waals surface area contributed by atoms with Gasteiger partial charge in [-0.25, -0.2) is 0 Å². The number of hydrogen-bond acceptors (Lipinski definition) is 2. The van der Waals surface area contributed by atoms with E-state index in [9.17, 15) is 9.59 Å². The molecule has 3 unspecified atom stereocenters. The third-order valence-electron chi connectivity index (χ3n) is 4.29. The normalized spacial score (nSPS) is 28.9. The Bertz CT molecular complexity index is 350. The van der Waals surface area contributed by atoms with Crippen LogP contribution in [-0.4, -0.2) is 23.9 Å². The van der Waals surface area contributed by atoms with Gasteiger partial charge in [-0.1, -0.05) is 13.8 Å². The van der Waals surface area contributed by atoms with Crippen molar-refractivity contribution in [3.8, 4) is 0 Å². The monoisotopic (exact) mass is 266 g/mol. The summed E-state index contributed by atoms with van der Waals surface area (Å²) in [4.78, 5) is 23.6. The lowest BCUT2D eigenvalue weighted by atomic mass is 9.84. The summed E-state index contributed by atoms with van der Waals surface area (Å²) in [6.45, 7) is 6.23. The van der Waals surface area contributed by atoms with Crippen molar-refractivity contribution in [3.05, 3.63) is 0 Å².